The smallest absolute Gasteiger partial charge is 0.550 e. The standard InChI is InChI=1S/C24H48O2.Mg/c1-2-3-4-5-6-7-8-9-10-11-12-13-14-15-16-17-18-19-20-21-22-23-24(25)26;/h2-23H2,1H3,(H,25,26);/q;+2/p-1. The second-order valence-electron chi connectivity index (χ2n) is 8.19. The number of rotatable bonds is 22. The van der Waals surface area contributed by atoms with Crippen LogP contribution in [-0.4, -0.2) is 29.0 Å². The van der Waals surface area contributed by atoms with Gasteiger partial charge >= 0.3 is 23.1 Å². The number of aliphatic carboxylic acids is 1. The summed E-state index contributed by atoms with van der Waals surface area (Å²) in [5.74, 6) is -0.900. The second-order valence-corrected chi connectivity index (χ2v) is 8.19. The third kappa shape index (κ3) is 28.5. The van der Waals surface area contributed by atoms with Crippen molar-refractivity contribution in [3.63, 3.8) is 0 Å². The summed E-state index contributed by atoms with van der Waals surface area (Å²) in [6, 6.07) is 0. The van der Waals surface area contributed by atoms with Crippen LogP contribution in [0.3, 0.4) is 0 Å². The zero-order valence-corrected chi connectivity index (χ0v) is 20.0. The molecule has 0 atom stereocenters. The molecule has 0 aliphatic rings. The molecule has 0 aromatic carbocycles. The molecule has 0 rings (SSSR count). The molecule has 3 heteroatoms. The summed E-state index contributed by atoms with van der Waals surface area (Å²) in [7, 11) is 0. The van der Waals surface area contributed by atoms with Gasteiger partial charge in [0.25, 0.3) is 0 Å². The number of unbranched alkanes of at least 4 members (excludes halogenated alkanes) is 20. The summed E-state index contributed by atoms with van der Waals surface area (Å²) in [6.45, 7) is 2.29. The first kappa shape index (κ1) is 29.4. The van der Waals surface area contributed by atoms with Crippen LogP contribution in [0.25, 0.3) is 0 Å². The average Bonchev–Trinajstić information content (AvgIpc) is 2.62. The molecule has 156 valence electrons. The molecule has 0 bridgehead atoms. The number of hydrogen-bond donors (Lipinski definition) is 0. The maximum atomic E-state index is 10.3. The van der Waals surface area contributed by atoms with Crippen LogP contribution in [0.4, 0.5) is 0 Å². The van der Waals surface area contributed by atoms with Gasteiger partial charge in [0.2, 0.25) is 0 Å². The Morgan fingerprint density at radius 2 is 0.704 bits per heavy atom. The van der Waals surface area contributed by atoms with E-state index in [1.165, 1.54) is 122 Å². The van der Waals surface area contributed by atoms with Crippen LogP contribution >= 0.6 is 0 Å². The molecule has 0 unspecified atom stereocenters. The molecule has 27 heavy (non-hydrogen) atoms. The van der Waals surface area contributed by atoms with E-state index in [9.17, 15) is 9.90 Å². The van der Waals surface area contributed by atoms with E-state index in [-0.39, 0.29) is 29.5 Å². The number of hydrogen-bond acceptors (Lipinski definition) is 2. The van der Waals surface area contributed by atoms with Crippen LogP contribution in [-0.2, 0) is 4.79 Å². The molecule has 0 radical (unpaired) electrons. The van der Waals surface area contributed by atoms with Gasteiger partial charge in [-0.2, -0.15) is 0 Å². The van der Waals surface area contributed by atoms with Gasteiger partial charge in [0.1, 0.15) is 0 Å². The minimum Gasteiger partial charge on any atom is -0.550 e. The summed E-state index contributed by atoms with van der Waals surface area (Å²) in [5, 5.41) is 10.3. The van der Waals surface area contributed by atoms with Crippen LogP contribution in [0.2, 0.25) is 0 Å². The molecule has 0 saturated heterocycles. The maximum Gasteiger partial charge on any atom is 2.00 e. The summed E-state index contributed by atoms with van der Waals surface area (Å²) < 4.78 is 0. The maximum absolute atomic E-state index is 10.3. The molecule has 0 amide bonds. The Morgan fingerprint density at radius 3 is 0.926 bits per heavy atom. The van der Waals surface area contributed by atoms with Crippen molar-refractivity contribution in [1.82, 2.24) is 0 Å². The molecule has 0 N–H and O–H groups in total. The van der Waals surface area contributed by atoms with E-state index in [1.54, 1.807) is 0 Å². The fourth-order valence-corrected chi connectivity index (χ4v) is 3.70. The van der Waals surface area contributed by atoms with Crippen molar-refractivity contribution in [3.05, 3.63) is 0 Å². The first-order chi connectivity index (χ1) is 12.8. The number of carboxylic acid groups (broad SMARTS) is 1. The SMILES string of the molecule is CCCCCCCCCCCCCCCCCCCCCCCC(=O)[O-].[Mg+2]. The number of carbonyl (C=O) groups is 1. The molecular weight excluding hydrogens is 345 g/mol. The van der Waals surface area contributed by atoms with E-state index in [4.69, 9.17) is 0 Å². The number of carboxylic acids is 1. The summed E-state index contributed by atoms with van der Waals surface area (Å²) >= 11 is 0. The van der Waals surface area contributed by atoms with Gasteiger partial charge in [0.05, 0.1) is 0 Å². The van der Waals surface area contributed by atoms with E-state index in [0.29, 0.717) is 0 Å². The third-order valence-electron chi connectivity index (χ3n) is 5.48. The summed E-state index contributed by atoms with van der Waals surface area (Å²) in [6.07, 6.45) is 28.7. The predicted molar refractivity (Wildman–Crippen MR) is 118 cm³/mol. The van der Waals surface area contributed by atoms with E-state index in [2.05, 4.69) is 6.92 Å². The Labute approximate surface area is 186 Å². The van der Waals surface area contributed by atoms with Crippen LogP contribution < -0.4 is 5.11 Å². The van der Waals surface area contributed by atoms with E-state index < -0.39 is 5.97 Å². The minimum absolute atomic E-state index is 0. The van der Waals surface area contributed by atoms with E-state index in [0.717, 1.165) is 12.8 Å². The molecule has 0 heterocycles. The van der Waals surface area contributed by atoms with Crippen molar-refractivity contribution in [2.75, 3.05) is 0 Å². The van der Waals surface area contributed by atoms with Crippen molar-refractivity contribution in [2.45, 2.75) is 148 Å². The predicted octanol–water partition coefficient (Wildman–Crippen LogP) is 6.96. The first-order valence-corrected chi connectivity index (χ1v) is 12.0. The zero-order chi connectivity index (χ0) is 19.1. The van der Waals surface area contributed by atoms with Crippen molar-refractivity contribution in [3.8, 4) is 0 Å². The Morgan fingerprint density at radius 1 is 0.481 bits per heavy atom. The van der Waals surface area contributed by atoms with Gasteiger partial charge in [-0.1, -0.05) is 135 Å². The Bertz CT molecular complexity index is 282. The average molecular weight is 392 g/mol. The topological polar surface area (TPSA) is 40.1 Å². The van der Waals surface area contributed by atoms with Crippen LogP contribution in [0.5, 0.6) is 0 Å². The molecule has 0 aromatic heterocycles. The summed E-state index contributed by atoms with van der Waals surface area (Å²) in [4.78, 5) is 10.3. The van der Waals surface area contributed by atoms with Crippen LogP contribution in [0, 0.1) is 0 Å². The van der Waals surface area contributed by atoms with Crippen molar-refractivity contribution < 1.29 is 9.90 Å². The Balaban J connectivity index is 0. The first-order valence-electron chi connectivity index (χ1n) is 12.0. The van der Waals surface area contributed by atoms with Crippen molar-refractivity contribution in [2.24, 2.45) is 0 Å². The van der Waals surface area contributed by atoms with Crippen LogP contribution in [0.1, 0.15) is 148 Å². The van der Waals surface area contributed by atoms with Gasteiger partial charge in [0.15, 0.2) is 0 Å². The summed E-state index contributed by atoms with van der Waals surface area (Å²) in [5.41, 5.74) is 0. The van der Waals surface area contributed by atoms with Gasteiger partial charge in [0, 0.05) is 5.97 Å². The molecule has 0 aliphatic heterocycles. The molecular formula is C24H47MgO2+. The van der Waals surface area contributed by atoms with Crippen molar-refractivity contribution in [1.29, 1.82) is 0 Å². The fourth-order valence-electron chi connectivity index (χ4n) is 3.70. The molecule has 0 aromatic rings. The minimum atomic E-state index is -0.900. The van der Waals surface area contributed by atoms with Gasteiger partial charge in [-0.3, -0.25) is 0 Å². The largest absolute Gasteiger partial charge is 2.00 e. The van der Waals surface area contributed by atoms with Crippen molar-refractivity contribution >= 4 is 29.0 Å². The molecule has 0 aliphatic carbocycles. The Hall–Kier alpha value is 0.236. The molecule has 0 fully saturated rings. The second kappa shape index (κ2) is 26.2. The third-order valence-corrected chi connectivity index (χ3v) is 5.48. The van der Waals surface area contributed by atoms with E-state index in [1.807, 2.05) is 0 Å². The zero-order valence-electron chi connectivity index (χ0n) is 18.6. The van der Waals surface area contributed by atoms with Gasteiger partial charge in [-0.15, -0.1) is 0 Å². The van der Waals surface area contributed by atoms with Gasteiger partial charge in [-0.25, -0.2) is 0 Å². The number of carbonyl (C=O) groups excluding carboxylic acids is 1. The van der Waals surface area contributed by atoms with Crippen LogP contribution in [0.15, 0.2) is 0 Å². The Kier molecular flexibility index (Phi) is 28.6. The quantitative estimate of drug-likeness (QED) is 0.148. The fraction of sp³-hybridized carbons (Fsp3) is 0.958. The van der Waals surface area contributed by atoms with Gasteiger partial charge in [-0.05, 0) is 12.8 Å². The molecule has 2 nitrogen and oxygen atoms in total. The molecule has 0 spiro atoms. The van der Waals surface area contributed by atoms with Gasteiger partial charge < -0.3 is 9.90 Å². The monoisotopic (exact) mass is 391 g/mol. The normalized spacial score (nSPS) is 10.7. The van der Waals surface area contributed by atoms with E-state index >= 15 is 0 Å². The molecule has 0 saturated carbocycles.